The second-order valence-electron chi connectivity index (χ2n) is 1.99. The van der Waals surface area contributed by atoms with Crippen LogP contribution in [-0.2, 0) is 0 Å². The largest absolute Gasteiger partial charge is 0.143 e. The zero-order chi connectivity index (χ0) is 10.1. The molecule has 0 amide bonds. The molecular formula is C11H16S2. The van der Waals surface area contributed by atoms with Crippen molar-refractivity contribution < 1.29 is 0 Å². The van der Waals surface area contributed by atoms with Gasteiger partial charge < -0.3 is 0 Å². The van der Waals surface area contributed by atoms with Gasteiger partial charge in [0.15, 0.2) is 0 Å². The standard InChI is InChI=1S/C9H10S2.C2H6/c1-3-6-10-8(2)9-5-4-7-11-9;1-2/h3-7H,2H2,1H3;1-2H3/b6-3-;. The lowest BCUT2D eigenvalue weighted by Gasteiger charge is -1.94. The topological polar surface area (TPSA) is 0 Å². The molecule has 0 saturated carbocycles. The Morgan fingerprint density at radius 1 is 1.54 bits per heavy atom. The van der Waals surface area contributed by atoms with Crippen LogP contribution in [0.5, 0.6) is 0 Å². The molecule has 0 aliphatic heterocycles. The summed E-state index contributed by atoms with van der Waals surface area (Å²) in [5, 5.41) is 4.11. The lowest BCUT2D eigenvalue weighted by atomic mass is 10.5. The summed E-state index contributed by atoms with van der Waals surface area (Å²) in [6.07, 6.45) is 2.02. The first-order valence-electron chi connectivity index (χ1n) is 4.35. The van der Waals surface area contributed by atoms with Crippen molar-refractivity contribution in [1.29, 1.82) is 0 Å². The van der Waals surface area contributed by atoms with E-state index in [0.29, 0.717) is 0 Å². The predicted octanol–water partition coefficient (Wildman–Crippen LogP) is 5.01. The monoisotopic (exact) mass is 212 g/mol. The Kier molecular flexibility index (Phi) is 7.85. The summed E-state index contributed by atoms with van der Waals surface area (Å²) in [6.45, 7) is 9.97. The SMILES string of the molecule is C=C(S/C=C\C)c1cccs1.CC. The van der Waals surface area contributed by atoms with Gasteiger partial charge in [-0.2, -0.15) is 0 Å². The van der Waals surface area contributed by atoms with E-state index in [0.717, 1.165) is 4.91 Å². The van der Waals surface area contributed by atoms with Crippen LogP contribution in [0.2, 0.25) is 0 Å². The molecule has 0 aliphatic rings. The van der Waals surface area contributed by atoms with E-state index in [1.807, 2.05) is 38.3 Å². The van der Waals surface area contributed by atoms with Crippen LogP contribution in [0.3, 0.4) is 0 Å². The summed E-state index contributed by atoms with van der Waals surface area (Å²) in [5.74, 6) is 0. The maximum atomic E-state index is 3.96. The molecule has 1 aromatic heterocycles. The molecule has 1 heterocycles. The molecule has 0 nitrogen and oxygen atoms in total. The van der Waals surface area contributed by atoms with Gasteiger partial charge in [0, 0.05) is 9.78 Å². The quantitative estimate of drug-likeness (QED) is 0.678. The van der Waals surface area contributed by atoms with Gasteiger partial charge in [0.25, 0.3) is 0 Å². The van der Waals surface area contributed by atoms with Crippen LogP contribution in [0.15, 0.2) is 35.6 Å². The van der Waals surface area contributed by atoms with Crippen LogP contribution in [0.4, 0.5) is 0 Å². The zero-order valence-electron chi connectivity index (χ0n) is 8.41. The minimum Gasteiger partial charge on any atom is -0.143 e. The maximum absolute atomic E-state index is 3.96. The van der Waals surface area contributed by atoms with Gasteiger partial charge in [0.2, 0.25) is 0 Å². The van der Waals surface area contributed by atoms with Gasteiger partial charge in [-0.1, -0.05) is 44.3 Å². The molecular weight excluding hydrogens is 196 g/mol. The second kappa shape index (κ2) is 8.14. The summed E-state index contributed by atoms with van der Waals surface area (Å²) in [7, 11) is 0. The molecule has 0 N–H and O–H groups in total. The average Bonchev–Trinajstić information content (AvgIpc) is 2.70. The van der Waals surface area contributed by atoms with Gasteiger partial charge in [-0.3, -0.25) is 0 Å². The van der Waals surface area contributed by atoms with Gasteiger partial charge in [-0.15, -0.1) is 11.3 Å². The Morgan fingerprint density at radius 2 is 2.23 bits per heavy atom. The van der Waals surface area contributed by atoms with E-state index in [9.17, 15) is 0 Å². The first kappa shape index (κ1) is 12.5. The lowest BCUT2D eigenvalue weighted by Crippen LogP contribution is -1.64. The molecule has 0 aliphatic carbocycles. The molecule has 0 atom stereocenters. The highest BCUT2D eigenvalue weighted by Gasteiger charge is 1.96. The smallest absolute Gasteiger partial charge is 0.0403 e. The van der Waals surface area contributed by atoms with Crippen molar-refractivity contribution in [3.05, 3.63) is 40.5 Å². The van der Waals surface area contributed by atoms with Crippen LogP contribution in [0.25, 0.3) is 4.91 Å². The van der Waals surface area contributed by atoms with E-state index in [2.05, 4.69) is 18.0 Å². The summed E-state index contributed by atoms with van der Waals surface area (Å²) >= 11 is 3.40. The van der Waals surface area contributed by atoms with Gasteiger partial charge >= 0.3 is 0 Å². The average molecular weight is 212 g/mol. The molecule has 0 spiro atoms. The molecule has 1 rings (SSSR count). The zero-order valence-corrected chi connectivity index (χ0v) is 10.0. The van der Waals surface area contributed by atoms with Crippen molar-refractivity contribution in [3.8, 4) is 0 Å². The van der Waals surface area contributed by atoms with E-state index >= 15 is 0 Å². The van der Waals surface area contributed by atoms with E-state index in [1.54, 1.807) is 23.1 Å². The highest BCUT2D eigenvalue weighted by molar-refractivity contribution is 8.11. The summed E-state index contributed by atoms with van der Waals surface area (Å²) < 4.78 is 0. The van der Waals surface area contributed by atoms with E-state index in [-0.39, 0.29) is 0 Å². The number of allylic oxidation sites excluding steroid dienone is 1. The third-order valence-electron chi connectivity index (χ3n) is 1.14. The maximum Gasteiger partial charge on any atom is 0.0403 e. The van der Waals surface area contributed by atoms with Crippen molar-refractivity contribution in [2.24, 2.45) is 0 Å². The van der Waals surface area contributed by atoms with Crippen LogP contribution in [0, 0.1) is 0 Å². The van der Waals surface area contributed by atoms with E-state index < -0.39 is 0 Å². The molecule has 0 aromatic carbocycles. The number of hydrogen-bond donors (Lipinski definition) is 0. The Bertz CT molecular complexity index is 245. The fourth-order valence-electron chi connectivity index (χ4n) is 0.645. The highest BCUT2D eigenvalue weighted by Crippen LogP contribution is 2.29. The fraction of sp³-hybridized carbons (Fsp3) is 0.273. The third-order valence-corrected chi connectivity index (χ3v) is 3.11. The van der Waals surface area contributed by atoms with Gasteiger partial charge in [-0.05, 0) is 23.8 Å². The first-order chi connectivity index (χ1) is 6.34. The molecule has 72 valence electrons. The Morgan fingerprint density at radius 3 is 2.69 bits per heavy atom. The van der Waals surface area contributed by atoms with Crippen molar-refractivity contribution in [1.82, 2.24) is 0 Å². The molecule has 13 heavy (non-hydrogen) atoms. The van der Waals surface area contributed by atoms with Crippen LogP contribution >= 0.6 is 23.1 Å². The molecule has 0 saturated heterocycles. The Labute approximate surface area is 89.4 Å². The van der Waals surface area contributed by atoms with Crippen molar-refractivity contribution >= 4 is 28.0 Å². The highest BCUT2D eigenvalue weighted by atomic mass is 32.2. The van der Waals surface area contributed by atoms with Gasteiger partial charge in [0.1, 0.15) is 0 Å². The van der Waals surface area contributed by atoms with Crippen molar-refractivity contribution in [2.45, 2.75) is 20.8 Å². The Hall–Kier alpha value is -0.470. The minimum absolute atomic E-state index is 1.12. The van der Waals surface area contributed by atoms with E-state index in [4.69, 9.17) is 0 Å². The molecule has 0 bridgehead atoms. The van der Waals surface area contributed by atoms with Crippen LogP contribution < -0.4 is 0 Å². The number of hydrogen-bond acceptors (Lipinski definition) is 2. The third kappa shape index (κ3) is 4.96. The molecule has 0 unspecified atom stereocenters. The summed E-state index contributed by atoms with van der Waals surface area (Å²) in [6, 6.07) is 4.13. The predicted molar refractivity (Wildman–Crippen MR) is 67.1 cm³/mol. The van der Waals surface area contributed by atoms with Crippen molar-refractivity contribution in [3.63, 3.8) is 0 Å². The molecule has 1 aromatic rings. The van der Waals surface area contributed by atoms with Crippen LogP contribution in [0.1, 0.15) is 25.6 Å². The van der Waals surface area contributed by atoms with Gasteiger partial charge in [-0.25, -0.2) is 0 Å². The van der Waals surface area contributed by atoms with Gasteiger partial charge in [0.05, 0.1) is 0 Å². The number of thioether (sulfide) groups is 1. The summed E-state index contributed by atoms with van der Waals surface area (Å²) in [4.78, 5) is 2.38. The number of rotatable bonds is 3. The lowest BCUT2D eigenvalue weighted by molar-refractivity contribution is 1.50. The first-order valence-corrected chi connectivity index (χ1v) is 6.11. The molecule has 0 radical (unpaired) electrons. The molecule has 2 heteroatoms. The van der Waals surface area contributed by atoms with Crippen molar-refractivity contribution in [2.75, 3.05) is 0 Å². The minimum atomic E-state index is 1.12. The number of thiophene rings is 1. The molecule has 0 fully saturated rings. The van der Waals surface area contributed by atoms with Crippen LogP contribution in [-0.4, -0.2) is 0 Å². The Balaban J connectivity index is 0.000000671. The second-order valence-corrected chi connectivity index (χ2v) is 3.94. The van der Waals surface area contributed by atoms with E-state index in [1.165, 1.54) is 4.88 Å². The fourth-order valence-corrected chi connectivity index (χ4v) is 2.01. The normalized spacial score (nSPS) is 9.46. The summed E-state index contributed by atoms with van der Waals surface area (Å²) in [5.41, 5.74) is 0.